The van der Waals surface area contributed by atoms with Gasteiger partial charge in [-0.2, -0.15) is 0 Å². The molecule has 2 aromatic heterocycles. The van der Waals surface area contributed by atoms with Gasteiger partial charge < -0.3 is 9.47 Å². The van der Waals surface area contributed by atoms with E-state index in [1.807, 2.05) is 12.4 Å². The molecule has 5 heteroatoms. The lowest BCUT2D eigenvalue weighted by Gasteiger charge is -2.40. The second-order valence-corrected chi connectivity index (χ2v) is 4.68. The number of aryl methyl sites for hydroxylation is 1. The number of aromatic nitrogens is 4. The minimum atomic E-state index is 0.687. The first kappa shape index (κ1) is 11.2. The Morgan fingerprint density at radius 3 is 2.83 bits per heavy atom. The zero-order chi connectivity index (χ0) is 12.4. The molecule has 1 aliphatic heterocycles. The van der Waals surface area contributed by atoms with Crippen LogP contribution in [0.3, 0.4) is 0 Å². The fourth-order valence-corrected chi connectivity index (χ4v) is 2.43. The second-order valence-electron chi connectivity index (χ2n) is 4.68. The van der Waals surface area contributed by atoms with Crippen LogP contribution in [0, 0.1) is 5.92 Å². The number of hydrogen-bond donors (Lipinski definition) is 0. The summed E-state index contributed by atoms with van der Waals surface area (Å²) in [6.07, 6.45) is 10.2. The van der Waals surface area contributed by atoms with Crippen LogP contribution in [0.15, 0.2) is 31.0 Å². The van der Waals surface area contributed by atoms with E-state index in [0.717, 1.165) is 31.9 Å². The van der Waals surface area contributed by atoms with Crippen LogP contribution in [-0.2, 0) is 13.0 Å². The van der Waals surface area contributed by atoms with Crippen molar-refractivity contribution in [1.82, 2.24) is 19.5 Å². The van der Waals surface area contributed by atoms with Crippen LogP contribution < -0.4 is 4.90 Å². The van der Waals surface area contributed by atoms with E-state index >= 15 is 0 Å². The van der Waals surface area contributed by atoms with Crippen molar-refractivity contribution in [2.24, 2.45) is 5.92 Å². The fourth-order valence-electron chi connectivity index (χ4n) is 2.43. The van der Waals surface area contributed by atoms with Crippen molar-refractivity contribution in [2.75, 3.05) is 18.0 Å². The van der Waals surface area contributed by atoms with Gasteiger partial charge >= 0.3 is 0 Å². The van der Waals surface area contributed by atoms with E-state index in [0.29, 0.717) is 5.92 Å². The van der Waals surface area contributed by atoms with Crippen molar-refractivity contribution in [1.29, 1.82) is 0 Å². The van der Waals surface area contributed by atoms with Gasteiger partial charge in [0.05, 0.1) is 6.20 Å². The largest absolute Gasteiger partial charge is 0.355 e. The molecule has 1 aliphatic rings. The van der Waals surface area contributed by atoms with E-state index in [1.54, 1.807) is 12.4 Å². The Kier molecular flexibility index (Phi) is 2.96. The van der Waals surface area contributed by atoms with Gasteiger partial charge in [0.15, 0.2) is 0 Å². The summed E-state index contributed by atoms with van der Waals surface area (Å²) < 4.78 is 2.26. The van der Waals surface area contributed by atoms with Crippen molar-refractivity contribution in [3.63, 3.8) is 0 Å². The normalized spacial score (nSPS) is 15.7. The molecule has 2 aromatic rings. The predicted octanol–water partition coefficient (Wildman–Crippen LogP) is 1.37. The van der Waals surface area contributed by atoms with E-state index in [-0.39, 0.29) is 0 Å². The molecule has 0 aliphatic carbocycles. The highest BCUT2D eigenvalue weighted by atomic mass is 15.3. The van der Waals surface area contributed by atoms with Crippen LogP contribution in [0.1, 0.15) is 12.7 Å². The van der Waals surface area contributed by atoms with Crippen LogP contribution in [0.2, 0.25) is 0 Å². The topological polar surface area (TPSA) is 46.8 Å². The molecule has 0 atom stereocenters. The predicted molar refractivity (Wildman–Crippen MR) is 69.3 cm³/mol. The third-order valence-electron chi connectivity index (χ3n) is 3.40. The summed E-state index contributed by atoms with van der Waals surface area (Å²) >= 11 is 0. The van der Waals surface area contributed by atoms with Crippen molar-refractivity contribution >= 4 is 5.82 Å². The lowest BCUT2D eigenvalue weighted by molar-refractivity contribution is 0.351. The summed E-state index contributed by atoms with van der Waals surface area (Å²) in [6, 6.07) is 0. The first-order valence-electron chi connectivity index (χ1n) is 6.37. The molecule has 0 saturated carbocycles. The Hall–Kier alpha value is -1.91. The summed E-state index contributed by atoms with van der Waals surface area (Å²) in [5, 5.41) is 0. The number of nitrogens with zero attached hydrogens (tertiary/aromatic N) is 5. The molecule has 0 N–H and O–H groups in total. The Bertz CT molecular complexity index is 501. The molecule has 0 radical (unpaired) electrons. The summed E-state index contributed by atoms with van der Waals surface area (Å²) in [5.41, 5.74) is 0. The van der Waals surface area contributed by atoms with Crippen LogP contribution in [-0.4, -0.2) is 32.6 Å². The minimum Gasteiger partial charge on any atom is -0.355 e. The third kappa shape index (κ3) is 2.08. The molecule has 5 nitrogen and oxygen atoms in total. The third-order valence-corrected chi connectivity index (χ3v) is 3.40. The van der Waals surface area contributed by atoms with Crippen LogP contribution >= 0.6 is 0 Å². The molecule has 94 valence electrons. The van der Waals surface area contributed by atoms with E-state index < -0.39 is 0 Å². The molecule has 0 spiro atoms. The van der Waals surface area contributed by atoms with Crippen molar-refractivity contribution in [2.45, 2.75) is 19.9 Å². The van der Waals surface area contributed by atoms with E-state index in [9.17, 15) is 0 Å². The highest BCUT2D eigenvalue weighted by molar-refractivity contribution is 5.38. The van der Waals surface area contributed by atoms with Crippen molar-refractivity contribution in [3.05, 3.63) is 36.8 Å². The Labute approximate surface area is 107 Å². The maximum absolute atomic E-state index is 4.35. The van der Waals surface area contributed by atoms with Crippen molar-refractivity contribution in [3.8, 4) is 0 Å². The number of imidazole rings is 1. The van der Waals surface area contributed by atoms with Gasteiger partial charge in [-0.25, -0.2) is 9.97 Å². The van der Waals surface area contributed by atoms with Gasteiger partial charge in [-0.3, -0.25) is 4.98 Å². The molecule has 0 bridgehead atoms. The van der Waals surface area contributed by atoms with Crippen LogP contribution in [0.4, 0.5) is 5.82 Å². The highest BCUT2D eigenvalue weighted by Crippen LogP contribution is 2.23. The average molecular weight is 243 g/mol. The van der Waals surface area contributed by atoms with E-state index in [2.05, 4.69) is 37.5 Å². The summed E-state index contributed by atoms with van der Waals surface area (Å²) in [4.78, 5) is 15.0. The quantitative estimate of drug-likeness (QED) is 0.813. The van der Waals surface area contributed by atoms with Crippen LogP contribution in [0.5, 0.6) is 0 Å². The zero-order valence-corrected chi connectivity index (χ0v) is 10.5. The maximum Gasteiger partial charge on any atom is 0.147 e. The summed E-state index contributed by atoms with van der Waals surface area (Å²) in [5.74, 6) is 2.84. The van der Waals surface area contributed by atoms with Gasteiger partial charge in [-0.1, -0.05) is 6.92 Å². The molecular formula is C13H17N5. The van der Waals surface area contributed by atoms with Gasteiger partial charge in [-0.05, 0) is 0 Å². The monoisotopic (exact) mass is 243 g/mol. The first-order valence-corrected chi connectivity index (χ1v) is 6.37. The highest BCUT2D eigenvalue weighted by Gasteiger charge is 2.28. The fraction of sp³-hybridized carbons (Fsp3) is 0.462. The van der Waals surface area contributed by atoms with E-state index in [1.165, 1.54) is 5.82 Å². The number of rotatable bonds is 4. The Morgan fingerprint density at radius 1 is 1.22 bits per heavy atom. The average Bonchev–Trinajstić information content (AvgIpc) is 2.81. The van der Waals surface area contributed by atoms with Gasteiger partial charge in [0, 0.05) is 56.8 Å². The van der Waals surface area contributed by atoms with Gasteiger partial charge in [0.2, 0.25) is 0 Å². The first-order chi connectivity index (χ1) is 8.86. The summed E-state index contributed by atoms with van der Waals surface area (Å²) in [6.45, 7) is 5.31. The molecule has 0 amide bonds. The summed E-state index contributed by atoms with van der Waals surface area (Å²) in [7, 11) is 0. The smallest absolute Gasteiger partial charge is 0.147 e. The molecule has 3 rings (SSSR count). The molecule has 18 heavy (non-hydrogen) atoms. The lowest BCUT2D eigenvalue weighted by atomic mass is 10.0. The van der Waals surface area contributed by atoms with Crippen LogP contribution in [0.25, 0.3) is 0 Å². The molecular weight excluding hydrogens is 226 g/mol. The van der Waals surface area contributed by atoms with Gasteiger partial charge in [-0.15, -0.1) is 0 Å². The van der Waals surface area contributed by atoms with Crippen molar-refractivity contribution < 1.29 is 0 Å². The maximum atomic E-state index is 4.35. The molecule has 1 saturated heterocycles. The molecule has 0 unspecified atom stereocenters. The number of anilines is 1. The molecule has 0 aromatic carbocycles. The Morgan fingerprint density at radius 2 is 2.11 bits per heavy atom. The molecule has 1 fully saturated rings. The standard InChI is InChI=1S/C13H17N5/c1-2-12-16-5-6-17(12)8-11-9-18(10-11)13-7-14-3-4-15-13/h3-7,11H,2,8-10H2,1H3. The zero-order valence-electron chi connectivity index (χ0n) is 10.5. The Balaban J connectivity index is 1.57. The lowest BCUT2D eigenvalue weighted by Crippen LogP contribution is -2.49. The minimum absolute atomic E-state index is 0.687. The second kappa shape index (κ2) is 4.76. The number of hydrogen-bond acceptors (Lipinski definition) is 4. The van der Waals surface area contributed by atoms with Gasteiger partial charge in [0.25, 0.3) is 0 Å². The van der Waals surface area contributed by atoms with Gasteiger partial charge in [0.1, 0.15) is 11.6 Å². The SMILES string of the molecule is CCc1nccn1CC1CN(c2cnccn2)C1. The van der Waals surface area contributed by atoms with E-state index in [4.69, 9.17) is 0 Å². The molecule has 3 heterocycles.